The van der Waals surface area contributed by atoms with Crippen molar-refractivity contribution in [2.45, 2.75) is 11.8 Å². The summed E-state index contributed by atoms with van der Waals surface area (Å²) in [6, 6.07) is 15.0. The second-order valence-electron chi connectivity index (χ2n) is 4.41. The van der Waals surface area contributed by atoms with Gasteiger partial charge in [0.05, 0.1) is 5.39 Å². The third kappa shape index (κ3) is 1.96. The number of hydrogen-bond donors (Lipinski definition) is 1. The quantitative estimate of drug-likeness (QED) is 0.675. The molecule has 3 aromatic rings. The van der Waals surface area contributed by atoms with Gasteiger partial charge in [0.25, 0.3) is 0 Å². The van der Waals surface area contributed by atoms with E-state index < -0.39 is 0 Å². The van der Waals surface area contributed by atoms with Crippen LogP contribution in [-0.2, 0) is 0 Å². The Morgan fingerprint density at radius 3 is 2.47 bits per heavy atom. The third-order valence-corrected chi connectivity index (χ3v) is 3.51. The largest absolute Gasteiger partial charge is 0.454 e. The zero-order valence-electron chi connectivity index (χ0n) is 10.4. The van der Waals surface area contributed by atoms with Gasteiger partial charge in [-0.15, -0.1) is 12.6 Å². The smallest absolute Gasteiger partial charge is 0.196 e. The van der Waals surface area contributed by atoms with E-state index in [1.165, 1.54) is 0 Å². The second-order valence-corrected chi connectivity index (χ2v) is 4.89. The topological polar surface area (TPSA) is 30.2 Å². The molecule has 3 rings (SSSR count). The van der Waals surface area contributed by atoms with E-state index >= 15 is 0 Å². The minimum atomic E-state index is -0.00370. The molecule has 2 nitrogen and oxygen atoms in total. The molecule has 94 valence electrons. The molecule has 0 saturated carbocycles. The molecule has 0 atom stereocenters. The molecule has 19 heavy (non-hydrogen) atoms. The maximum atomic E-state index is 12.4. The standard InChI is InChI=1S/C16H12O2S/c1-10-14(17)12-8-5-9-13(19)16(12)18-15(10)11-6-3-2-4-7-11/h2-9,19H,1H3. The van der Waals surface area contributed by atoms with Gasteiger partial charge in [-0.05, 0) is 19.1 Å². The lowest BCUT2D eigenvalue weighted by Crippen LogP contribution is -2.07. The Hall–Kier alpha value is -2.00. The molecule has 0 spiro atoms. The van der Waals surface area contributed by atoms with Gasteiger partial charge in [0.1, 0.15) is 5.76 Å². The highest BCUT2D eigenvalue weighted by atomic mass is 32.1. The normalized spacial score (nSPS) is 10.8. The maximum absolute atomic E-state index is 12.4. The van der Waals surface area contributed by atoms with E-state index in [2.05, 4.69) is 12.6 Å². The number of fused-ring (bicyclic) bond motifs is 1. The van der Waals surface area contributed by atoms with Gasteiger partial charge in [-0.1, -0.05) is 36.4 Å². The summed E-state index contributed by atoms with van der Waals surface area (Å²) in [6.45, 7) is 1.79. The number of para-hydroxylation sites is 1. The Kier molecular flexibility index (Phi) is 2.91. The fourth-order valence-electron chi connectivity index (χ4n) is 2.16. The van der Waals surface area contributed by atoms with Crippen LogP contribution in [0.15, 0.2) is 62.6 Å². The number of hydrogen-bond acceptors (Lipinski definition) is 3. The Bertz CT molecular complexity index is 804. The Labute approximate surface area is 116 Å². The minimum absolute atomic E-state index is 0.00370. The first-order valence-electron chi connectivity index (χ1n) is 5.99. The SMILES string of the molecule is Cc1c(-c2ccccc2)oc2c(S)cccc2c1=O. The van der Waals surface area contributed by atoms with Crippen molar-refractivity contribution >= 4 is 23.6 Å². The molecule has 3 heteroatoms. The van der Waals surface area contributed by atoms with Gasteiger partial charge in [-0.2, -0.15) is 0 Å². The van der Waals surface area contributed by atoms with E-state index in [4.69, 9.17) is 4.42 Å². The molecular formula is C16H12O2S. The van der Waals surface area contributed by atoms with Crippen molar-refractivity contribution in [2.75, 3.05) is 0 Å². The fraction of sp³-hybridized carbons (Fsp3) is 0.0625. The first kappa shape index (κ1) is 12.1. The molecule has 1 heterocycles. The van der Waals surface area contributed by atoms with Gasteiger partial charge in [-0.25, -0.2) is 0 Å². The molecule has 0 bridgehead atoms. The number of rotatable bonds is 1. The average molecular weight is 268 g/mol. The molecule has 0 amide bonds. The van der Waals surface area contributed by atoms with E-state index in [9.17, 15) is 4.79 Å². The molecular weight excluding hydrogens is 256 g/mol. The van der Waals surface area contributed by atoms with E-state index in [0.29, 0.717) is 27.2 Å². The maximum Gasteiger partial charge on any atom is 0.196 e. The molecule has 0 aliphatic carbocycles. The Balaban J connectivity index is 2.42. The third-order valence-electron chi connectivity index (χ3n) is 3.16. The summed E-state index contributed by atoms with van der Waals surface area (Å²) >= 11 is 4.36. The van der Waals surface area contributed by atoms with Gasteiger partial charge in [0, 0.05) is 16.0 Å². The zero-order chi connectivity index (χ0) is 13.4. The lowest BCUT2D eigenvalue weighted by Gasteiger charge is -2.08. The summed E-state index contributed by atoms with van der Waals surface area (Å²) in [6.07, 6.45) is 0. The van der Waals surface area contributed by atoms with Crippen LogP contribution >= 0.6 is 12.6 Å². The lowest BCUT2D eigenvalue weighted by molar-refractivity contribution is 0.606. The van der Waals surface area contributed by atoms with E-state index in [1.807, 2.05) is 42.5 Å². The molecule has 0 N–H and O–H groups in total. The summed E-state index contributed by atoms with van der Waals surface area (Å²) in [5.74, 6) is 0.611. The van der Waals surface area contributed by atoms with Crippen LogP contribution in [0.2, 0.25) is 0 Å². The van der Waals surface area contributed by atoms with Crippen LogP contribution in [0.25, 0.3) is 22.3 Å². The van der Waals surface area contributed by atoms with Crippen molar-refractivity contribution in [1.29, 1.82) is 0 Å². The van der Waals surface area contributed by atoms with Crippen molar-refractivity contribution in [3.8, 4) is 11.3 Å². The van der Waals surface area contributed by atoms with Crippen molar-refractivity contribution in [2.24, 2.45) is 0 Å². The monoisotopic (exact) mass is 268 g/mol. The van der Waals surface area contributed by atoms with Gasteiger partial charge in [0.15, 0.2) is 11.0 Å². The molecule has 0 fully saturated rings. The first-order valence-corrected chi connectivity index (χ1v) is 6.44. The highest BCUT2D eigenvalue weighted by molar-refractivity contribution is 7.80. The molecule has 0 saturated heterocycles. The molecule has 2 aromatic carbocycles. The van der Waals surface area contributed by atoms with Crippen LogP contribution in [-0.4, -0.2) is 0 Å². The summed E-state index contributed by atoms with van der Waals surface area (Å²) in [7, 11) is 0. The van der Waals surface area contributed by atoms with Crippen molar-refractivity contribution in [1.82, 2.24) is 0 Å². The lowest BCUT2D eigenvalue weighted by atomic mass is 10.1. The van der Waals surface area contributed by atoms with Crippen molar-refractivity contribution < 1.29 is 4.42 Å². The van der Waals surface area contributed by atoms with E-state index in [-0.39, 0.29) is 5.43 Å². The van der Waals surface area contributed by atoms with Gasteiger partial charge >= 0.3 is 0 Å². The van der Waals surface area contributed by atoms with Crippen molar-refractivity contribution in [3.05, 3.63) is 64.3 Å². The second kappa shape index (κ2) is 4.59. The summed E-state index contributed by atoms with van der Waals surface area (Å²) in [5, 5.41) is 0.574. The minimum Gasteiger partial charge on any atom is -0.454 e. The average Bonchev–Trinajstić information content (AvgIpc) is 2.44. The van der Waals surface area contributed by atoms with Gasteiger partial charge in [0.2, 0.25) is 0 Å². The predicted octanol–water partition coefficient (Wildman–Crippen LogP) is 4.06. The van der Waals surface area contributed by atoms with Crippen molar-refractivity contribution in [3.63, 3.8) is 0 Å². The highest BCUT2D eigenvalue weighted by Gasteiger charge is 2.13. The highest BCUT2D eigenvalue weighted by Crippen LogP contribution is 2.28. The Morgan fingerprint density at radius 1 is 1.00 bits per heavy atom. The van der Waals surface area contributed by atoms with Crippen LogP contribution < -0.4 is 5.43 Å². The van der Waals surface area contributed by atoms with Gasteiger partial charge in [-0.3, -0.25) is 4.79 Å². The predicted molar refractivity (Wildman–Crippen MR) is 79.9 cm³/mol. The first-order chi connectivity index (χ1) is 9.18. The molecule has 0 aliphatic heterocycles. The fourth-order valence-corrected chi connectivity index (χ4v) is 2.41. The van der Waals surface area contributed by atoms with Crippen LogP contribution in [0.5, 0.6) is 0 Å². The summed E-state index contributed by atoms with van der Waals surface area (Å²) < 4.78 is 5.91. The van der Waals surface area contributed by atoms with Crippen LogP contribution in [0.4, 0.5) is 0 Å². The zero-order valence-corrected chi connectivity index (χ0v) is 11.3. The van der Waals surface area contributed by atoms with Gasteiger partial charge < -0.3 is 4.42 Å². The summed E-state index contributed by atoms with van der Waals surface area (Å²) in [4.78, 5) is 13.1. The molecule has 1 aromatic heterocycles. The Morgan fingerprint density at radius 2 is 1.74 bits per heavy atom. The van der Waals surface area contributed by atoms with Crippen LogP contribution in [0.3, 0.4) is 0 Å². The summed E-state index contributed by atoms with van der Waals surface area (Å²) in [5.41, 5.74) is 2.06. The molecule has 0 unspecified atom stereocenters. The van der Waals surface area contributed by atoms with E-state index in [1.54, 1.807) is 13.0 Å². The molecule has 0 radical (unpaired) electrons. The number of benzene rings is 2. The van der Waals surface area contributed by atoms with Crippen LogP contribution in [0, 0.1) is 6.92 Å². The van der Waals surface area contributed by atoms with E-state index in [0.717, 1.165) is 5.56 Å². The molecule has 0 aliphatic rings. The van der Waals surface area contributed by atoms with Crippen LogP contribution in [0.1, 0.15) is 5.56 Å². The number of thiol groups is 1.